The van der Waals surface area contributed by atoms with Crippen LogP contribution in [0.15, 0.2) is 23.2 Å². The number of anilines is 1. The summed E-state index contributed by atoms with van der Waals surface area (Å²) in [4.78, 5) is 16.5. The van der Waals surface area contributed by atoms with Gasteiger partial charge >= 0.3 is 0 Å². The van der Waals surface area contributed by atoms with Crippen molar-refractivity contribution in [2.75, 3.05) is 19.0 Å². The smallest absolute Gasteiger partial charge is 0.150 e. The van der Waals surface area contributed by atoms with E-state index in [9.17, 15) is 4.79 Å². The van der Waals surface area contributed by atoms with Gasteiger partial charge in [0.05, 0.1) is 17.7 Å². The topological polar surface area (TPSA) is 58.7 Å². The molecule has 0 spiro atoms. The summed E-state index contributed by atoms with van der Waals surface area (Å²) in [5.41, 5.74) is 7.47. The first-order chi connectivity index (χ1) is 6.69. The Hall–Kier alpha value is -1.84. The molecule has 0 radical (unpaired) electrons. The summed E-state index contributed by atoms with van der Waals surface area (Å²) >= 11 is 0. The van der Waals surface area contributed by atoms with Gasteiger partial charge in [0.15, 0.2) is 0 Å². The van der Waals surface area contributed by atoms with Crippen LogP contribution in [0.2, 0.25) is 0 Å². The van der Waals surface area contributed by atoms with Gasteiger partial charge < -0.3 is 10.6 Å². The molecule has 1 aromatic rings. The average molecular weight is 191 g/mol. The summed E-state index contributed by atoms with van der Waals surface area (Å²) in [6, 6.07) is 5.25. The van der Waals surface area contributed by atoms with Crippen LogP contribution in [-0.4, -0.2) is 26.7 Å². The second kappa shape index (κ2) is 4.41. The van der Waals surface area contributed by atoms with Crippen molar-refractivity contribution in [3.8, 4) is 0 Å². The molecule has 0 fully saturated rings. The quantitative estimate of drug-likeness (QED) is 0.443. The van der Waals surface area contributed by atoms with Gasteiger partial charge in [-0.25, -0.2) is 4.99 Å². The first-order valence-corrected chi connectivity index (χ1v) is 4.20. The SMILES string of the molecule is CN(C)c1cc(C=O)ccc1N=CN. The van der Waals surface area contributed by atoms with Crippen LogP contribution in [0.1, 0.15) is 10.4 Å². The van der Waals surface area contributed by atoms with Gasteiger partial charge in [-0.1, -0.05) is 0 Å². The van der Waals surface area contributed by atoms with Gasteiger partial charge in [-0.2, -0.15) is 0 Å². The van der Waals surface area contributed by atoms with Gasteiger partial charge in [0.1, 0.15) is 6.29 Å². The van der Waals surface area contributed by atoms with E-state index in [1.807, 2.05) is 19.0 Å². The summed E-state index contributed by atoms with van der Waals surface area (Å²) in [7, 11) is 3.78. The van der Waals surface area contributed by atoms with Crippen molar-refractivity contribution in [3.63, 3.8) is 0 Å². The number of benzene rings is 1. The first-order valence-electron chi connectivity index (χ1n) is 4.20. The molecule has 1 aromatic carbocycles. The van der Waals surface area contributed by atoms with Gasteiger partial charge in [-0.15, -0.1) is 0 Å². The van der Waals surface area contributed by atoms with Crippen molar-refractivity contribution in [1.29, 1.82) is 0 Å². The molecule has 1 rings (SSSR count). The van der Waals surface area contributed by atoms with Crippen molar-refractivity contribution in [2.45, 2.75) is 0 Å². The highest BCUT2D eigenvalue weighted by molar-refractivity contribution is 5.82. The predicted octanol–water partition coefficient (Wildman–Crippen LogP) is 1.18. The predicted molar refractivity (Wildman–Crippen MR) is 58.5 cm³/mol. The number of nitrogens with two attached hydrogens (primary N) is 1. The number of carbonyl (C=O) groups excluding carboxylic acids is 1. The Labute approximate surface area is 83.0 Å². The van der Waals surface area contributed by atoms with Crippen LogP contribution >= 0.6 is 0 Å². The number of aliphatic imine (C=N–C) groups is 1. The number of hydrogen-bond donors (Lipinski definition) is 1. The second-order valence-electron chi connectivity index (χ2n) is 3.04. The molecule has 14 heavy (non-hydrogen) atoms. The maximum atomic E-state index is 10.6. The third-order valence-corrected chi connectivity index (χ3v) is 1.83. The van der Waals surface area contributed by atoms with Gasteiger partial charge in [0.25, 0.3) is 0 Å². The lowest BCUT2D eigenvalue weighted by molar-refractivity contribution is 0.112. The fraction of sp³-hybridized carbons (Fsp3) is 0.200. The van der Waals surface area contributed by atoms with Crippen LogP contribution in [0.5, 0.6) is 0 Å². The Morgan fingerprint density at radius 1 is 1.43 bits per heavy atom. The van der Waals surface area contributed by atoms with Crippen molar-refractivity contribution in [2.24, 2.45) is 10.7 Å². The van der Waals surface area contributed by atoms with E-state index in [-0.39, 0.29) is 0 Å². The minimum absolute atomic E-state index is 0.629. The number of rotatable bonds is 3. The van der Waals surface area contributed by atoms with E-state index in [4.69, 9.17) is 5.73 Å². The van der Waals surface area contributed by atoms with Crippen LogP contribution in [0.4, 0.5) is 11.4 Å². The van der Waals surface area contributed by atoms with E-state index < -0.39 is 0 Å². The van der Waals surface area contributed by atoms with Crippen molar-refractivity contribution in [3.05, 3.63) is 23.8 Å². The van der Waals surface area contributed by atoms with Gasteiger partial charge in [0.2, 0.25) is 0 Å². The number of aldehydes is 1. The van der Waals surface area contributed by atoms with Crippen LogP contribution in [0, 0.1) is 0 Å². The normalized spacial score (nSPS) is 10.4. The molecule has 0 amide bonds. The van der Waals surface area contributed by atoms with Crippen molar-refractivity contribution < 1.29 is 4.79 Å². The van der Waals surface area contributed by atoms with Crippen molar-refractivity contribution >= 4 is 24.0 Å². The Morgan fingerprint density at radius 2 is 2.14 bits per heavy atom. The Kier molecular flexibility index (Phi) is 3.23. The summed E-state index contributed by atoms with van der Waals surface area (Å²) in [5, 5.41) is 0. The lowest BCUT2D eigenvalue weighted by Crippen LogP contribution is -2.09. The molecule has 2 N–H and O–H groups in total. The van der Waals surface area contributed by atoms with E-state index in [0.29, 0.717) is 5.56 Å². The standard InChI is InChI=1S/C10H13N3O/c1-13(2)10-5-8(6-14)3-4-9(10)12-7-11/h3-7H,1-2H3,(H2,11,12). The Balaban J connectivity index is 3.23. The molecule has 0 aliphatic rings. The number of nitrogens with zero attached hydrogens (tertiary/aromatic N) is 2. The lowest BCUT2D eigenvalue weighted by Gasteiger charge is -2.15. The maximum absolute atomic E-state index is 10.6. The summed E-state index contributed by atoms with van der Waals surface area (Å²) in [5.74, 6) is 0. The minimum atomic E-state index is 0.629. The molecule has 0 aliphatic carbocycles. The molecular weight excluding hydrogens is 178 g/mol. The first kappa shape index (κ1) is 10.2. The van der Waals surface area contributed by atoms with Gasteiger partial charge in [-0.3, -0.25) is 4.79 Å². The van der Waals surface area contributed by atoms with Crippen LogP contribution in [0.25, 0.3) is 0 Å². The van der Waals surface area contributed by atoms with Crippen molar-refractivity contribution in [1.82, 2.24) is 0 Å². The molecule has 0 saturated heterocycles. The fourth-order valence-electron chi connectivity index (χ4n) is 1.16. The molecular formula is C10H13N3O. The molecule has 0 unspecified atom stereocenters. The molecule has 0 atom stereocenters. The van der Waals surface area contributed by atoms with Gasteiger partial charge in [-0.05, 0) is 18.2 Å². The zero-order valence-electron chi connectivity index (χ0n) is 8.27. The zero-order chi connectivity index (χ0) is 10.6. The highest BCUT2D eigenvalue weighted by Crippen LogP contribution is 2.27. The average Bonchev–Trinajstić information content (AvgIpc) is 2.18. The molecule has 4 heteroatoms. The van der Waals surface area contributed by atoms with E-state index >= 15 is 0 Å². The summed E-state index contributed by atoms with van der Waals surface area (Å²) < 4.78 is 0. The highest BCUT2D eigenvalue weighted by Gasteiger charge is 2.03. The molecule has 0 aromatic heterocycles. The van der Waals surface area contributed by atoms with Crippen LogP contribution < -0.4 is 10.6 Å². The summed E-state index contributed by atoms with van der Waals surface area (Å²) in [6.45, 7) is 0. The van der Waals surface area contributed by atoms with E-state index in [1.165, 1.54) is 6.34 Å². The van der Waals surface area contributed by atoms with E-state index in [0.717, 1.165) is 17.7 Å². The summed E-state index contributed by atoms with van der Waals surface area (Å²) in [6.07, 6.45) is 2.05. The zero-order valence-corrected chi connectivity index (χ0v) is 8.27. The largest absolute Gasteiger partial charge is 0.390 e. The molecule has 0 aliphatic heterocycles. The number of hydrogen-bond acceptors (Lipinski definition) is 3. The van der Waals surface area contributed by atoms with E-state index in [2.05, 4.69) is 4.99 Å². The van der Waals surface area contributed by atoms with Gasteiger partial charge in [0, 0.05) is 19.7 Å². The third-order valence-electron chi connectivity index (χ3n) is 1.83. The minimum Gasteiger partial charge on any atom is -0.390 e. The Morgan fingerprint density at radius 3 is 2.64 bits per heavy atom. The van der Waals surface area contributed by atoms with Crippen LogP contribution in [0.3, 0.4) is 0 Å². The molecule has 0 bridgehead atoms. The second-order valence-corrected chi connectivity index (χ2v) is 3.04. The fourth-order valence-corrected chi connectivity index (χ4v) is 1.16. The molecule has 4 nitrogen and oxygen atoms in total. The monoisotopic (exact) mass is 191 g/mol. The molecule has 74 valence electrons. The Bertz CT molecular complexity index is 358. The third kappa shape index (κ3) is 2.10. The van der Waals surface area contributed by atoms with E-state index in [1.54, 1.807) is 18.2 Å². The molecule has 0 saturated carbocycles. The highest BCUT2D eigenvalue weighted by atomic mass is 16.1. The maximum Gasteiger partial charge on any atom is 0.150 e. The number of carbonyl (C=O) groups is 1. The lowest BCUT2D eigenvalue weighted by atomic mass is 10.2. The van der Waals surface area contributed by atoms with Crippen LogP contribution in [-0.2, 0) is 0 Å². The molecule has 0 heterocycles.